The number of H-pyrrole nitrogens is 1. The predicted molar refractivity (Wildman–Crippen MR) is 91.4 cm³/mol. The number of thiophene rings is 1. The molecule has 2 N–H and O–H groups in total. The number of nitrogens with zero attached hydrogens (tertiary/aromatic N) is 1. The van der Waals surface area contributed by atoms with E-state index in [-0.39, 0.29) is 5.91 Å². The highest BCUT2D eigenvalue weighted by Crippen LogP contribution is 2.22. The van der Waals surface area contributed by atoms with Gasteiger partial charge < -0.3 is 4.98 Å². The van der Waals surface area contributed by atoms with Gasteiger partial charge in [0.15, 0.2) is 0 Å². The van der Waals surface area contributed by atoms with E-state index in [4.69, 9.17) is 0 Å². The molecule has 1 aromatic carbocycles. The molecule has 0 spiro atoms. The monoisotopic (exact) mass is 311 g/mol. The van der Waals surface area contributed by atoms with Gasteiger partial charge in [0.2, 0.25) is 5.91 Å². The molecule has 0 aliphatic rings. The highest BCUT2D eigenvalue weighted by molar-refractivity contribution is 7.12. The molecule has 3 rings (SSSR count). The zero-order valence-electron chi connectivity index (χ0n) is 12.5. The second-order valence-corrected chi connectivity index (χ2v) is 6.11. The summed E-state index contributed by atoms with van der Waals surface area (Å²) in [6.07, 6.45) is 0.317. The number of benzene rings is 1. The number of aromatic amines is 1. The van der Waals surface area contributed by atoms with Crippen LogP contribution in [-0.2, 0) is 11.2 Å². The molecule has 0 atom stereocenters. The molecule has 4 nitrogen and oxygen atoms in total. The third-order valence-corrected chi connectivity index (χ3v) is 4.57. The van der Waals surface area contributed by atoms with Gasteiger partial charge in [0, 0.05) is 21.5 Å². The molecule has 0 aliphatic carbocycles. The van der Waals surface area contributed by atoms with Crippen LogP contribution in [0.25, 0.3) is 10.9 Å². The number of hydrazone groups is 1. The molecule has 1 amide bonds. The van der Waals surface area contributed by atoms with E-state index in [1.807, 2.05) is 55.6 Å². The summed E-state index contributed by atoms with van der Waals surface area (Å²) >= 11 is 1.61. The van der Waals surface area contributed by atoms with Crippen LogP contribution < -0.4 is 5.43 Å². The summed E-state index contributed by atoms with van der Waals surface area (Å²) in [4.78, 5) is 16.5. The summed E-state index contributed by atoms with van der Waals surface area (Å²) in [6, 6.07) is 12.0. The van der Waals surface area contributed by atoms with Crippen LogP contribution in [0.5, 0.6) is 0 Å². The lowest BCUT2D eigenvalue weighted by atomic mass is 10.1. The second kappa shape index (κ2) is 6.15. The Bertz CT molecular complexity index is 831. The quantitative estimate of drug-likeness (QED) is 0.561. The minimum atomic E-state index is -0.108. The molecule has 0 radical (unpaired) electrons. The van der Waals surface area contributed by atoms with Crippen molar-refractivity contribution >= 4 is 33.9 Å². The Kier molecular flexibility index (Phi) is 4.06. The number of amides is 1. The van der Waals surface area contributed by atoms with Crippen molar-refractivity contribution in [1.29, 1.82) is 0 Å². The smallest absolute Gasteiger partial charge is 0.244 e. The van der Waals surface area contributed by atoms with E-state index in [2.05, 4.69) is 15.5 Å². The highest BCUT2D eigenvalue weighted by atomic mass is 32.1. The number of fused-ring (bicyclic) bond motifs is 1. The molecular weight excluding hydrogens is 294 g/mol. The maximum absolute atomic E-state index is 12.2. The van der Waals surface area contributed by atoms with Crippen LogP contribution in [0.15, 0.2) is 46.9 Å². The van der Waals surface area contributed by atoms with Gasteiger partial charge in [-0.15, -0.1) is 11.3 Å². The molecule has 0 saturated carbocycles. The maximum Gasteiger partial charge on any atom is 0.244 e. The third kappa shape index (κ3) is 2.94. The molecule has 0 aliphatic heterocycles. The van der Waals surface area contributed by atoms with E-state index >= 15 is 0 Å². The van der Waals surface area contributed by atoms with E-state index in [0.717, 1.165) is 32.7 Å². The molecule has 3 aromatic rings. The van der Waals surface area contributed by atoms with Gasteiger partial charge in [0.05, 0.1) is 12.1 Å². The topological polar surface area (TPSA) is 57.2 Å². The van der Waals surface area contributed by atoms with Gasteiger partial charge in [-0.05, 0) is 36.9 Å². The Morgan fingerprint density at radius 1 is 1.27 bits per heavy atom. The summed E-state index contributed by atoms with van der Waals surface area (Å²) in [6.45, 7) is 3.88. The third-order valence-electron chi connectivity index (χ3n) is 3.59. The number of carbonyl (C=O) groups excluding carboxylic acids is 1. The predicted octanol–water partition coefficient (Wildman–Crippen LogP) is 3.62. The molecule has 2 aromatic heterocycles. The van der Waals surface area contributed by atoms with Gasteiger partial charge in [0.1, 0.15) is 0 Å². The standard InChI is InChI=1S/C17H17N3OS/c1-11-14(13-6-3-4-7-15(13)18-11)10-17(21)20-19-12(2)16-8-5-9-22-16/h3-9,18H,10H2,1-2H3,(H,20,21). The fourth-order valence-corrected chi connectivity index (χ4v) is 3.13. The number of aryl methyl sites for hydroxylation is 1. The van der Waals surface area contributed by atoms with Crippen molar-refractivity contribution < 1.29 is 4.79 Å². The van der Waals surface area contributed by atoms with Crippen LogP contribution in [-0.4, -0.2) is 16.6 Å². The van der Waals surface area contributed by atoms with E-state index < -0.39 is 0 Å². The molecule has 0 fully saturated rings. The summed E-state index contributed by atoms with van der Waals surface area (Å²) in [5, 5.41) is 7.26. The molecule has 5 heteroatoms. The number of carbonyl (C=O) groups is 1. The Morgan fingerprint density at radius 2 is 2.09 bits per heavy atom. The number of aromatic nitrogens is 1. The zero-order valence-corrected chi connectivity index (χ0v) is 13.3. The normalized spacial score (nSPS) is 11.8. The summed E-state index contributed by atoms with van der Waals surface area (Å²) in [5.41, 5.74) is 6.57. The first kappa shape index (κ1) is 14.5. The number of nitrogens with one attached hydrogen (secondary N) is 2. The molecule has 112 valence electrons. The van der Waals surface area contributed by atoms with Crippen LogP contribution in [0.2, 0.25) is 0 Å². The lowest BCUT2D eigenvalue weighted by molar-refractivity contribution is -0.120. The fraction of sp³-hybridized carbons (Fsp3) is 0.176. The van der Waals surface area contributed by atoms with Crippen LogP contribution in [0.1, 0.15) is 23.1 Å². The number of rotatable bonds is 4. The van der Waals surface area contributed by atoms with Gasteiger partial charge in [-0.2, -0.15) is 5.10 Å². The molecule has 0 unspecified atom stereocenters. The van der Waals surface area contributed by atoms with Crippen molar-refractivity contribution in [3.8, 4) is 0 Å². The summed E-state index contributed by atoms with van der Waals surface area (Å²) < 4.78 is 0. The molecule has 22 heavy (non-hydrogen) atoms. The minimum Gasteiger partial charge on any atom is -0.358 e. The average Bonchev–Trinajstić information content (AvgIpc) is 3.14. The molecule has 0 bridgehead atoms. The van der Waals surface area contributed by atoms with E-state index in [9.17, 15) is 4.79 Å². The molecular formula is C17H17N3OS. The van der Waals surface area contributed by atoms with Gasteiger partial charge in [-0.1, -0.05) is 24.3 Å². The molecule has 2 heterocycles. The first-order valence-corrected chi connectivity index (χ1v) is 7.96. The van der Waals surface area contributed by atoms with Crippen LogP contribution >= 0.6 is 11.3 Å². The van der Waals surface area contributed by atoms with Crippen LogP contribution in [0, 0.1) is 6.92 Å². The number of hydrogen-bond donors (Lipinski definition) is 2. The first-order valence-electron chi connectivity index (χ1n) is 7.08. The van der Waals surface area contributed by atoms with Gasteiger partial charge >= 0.3 is 0 Å². The Morgan fingerprint density at radius 3 is 2.86 bits per heavy atom. The largest absolute Gasteiger partial charge is 0.358 e. The SMILES string of the molecule is CC(=NNC(=O)Cc1c(C)[nH]c2ccccc12)c1cccs1. The van der Waals surface area contributed by atoms with Gasteiger partial charge in [-0.25, -0.2) is 5.43 Å². The zero-order chi connectivity index (χ0) is 15.5. The minimum absolute atomic E-state index is 0.108. The van der Waals surface area contributed by atoms with Crippen molar-refractivity contribution in [2.75, 3.05) is 0 Å². The summed E-state index contributed by atoms with van der Waals surface area (Å²) in [7, 11) is 0. The van der Waals surface area contributed by atoms with E-state index in [1.54, 1.807) is 11.3 Å². The lowest BCUT2D eigenvalue weighted by Crippen LogP contribution is -2.21. The average molecular weight is 311 g/mol. The van der Waals surface area contributed by atoms with E-state index in [1.165, 1.54) is 0 Å². The van der Waals surface area contributed by atoms with Crippen molar-refractivity contribution in [2.24, 2.45) is 5.10 Å². The lowest BCUT2D eigenvalue weighted by Gasteiger charge is -2.02. The first-order chi connectivity index (χ1) is 10.6. The Hall–Kier alpha value is -2.40. The van der Waals surface area contributed by atoms with Crippen molar-refractivity contribution in [2.45, 2.75) is 20.3 Å². The highest BCUT2D eigenvalue weighted by Gasteiger charge is 2.12. The fourth-order valence-electron chi connectivity index (χ4n) is 2.45. The van der Waals surface area contributed by atoms with Crippen LogP contribution in [0.4, 0.5) is 0 Å². The van der Waals surface area contributed by atoms with Crippen molar-refractivity contribution in [3.05, 3.63) is 57.9 Å². The summed E-state index contributed by atoms with van der Waals surface area (Å²) in [5.74, 6) is -0.108. The number of hydrogen-bond acceptors (Lipinski definition) is 3. The van der Waals surface area contributed by atoms with Crippen LogP contribution in [0.3, 0.4) is 0 Å². The van der Waals surface area contributed by atoms with Gasteiger partial charge in [0.25, 0.3) is 0 Å². The Balaban J connectivity index is 1.74. The number of para-hydroxylation sites is 1. The van der Waals surface area contributed by atoms with Crippen molar-refractivity contribution in [1.82, 2.24) is 10.4 Å². The molecule has 0 saturated heterocycles. The Labute approximate surface area is 132 Å². The van der Waals surface area contributed by atoms with Gasteiger partial charge in [-0.3, -0.25) is 4.79 Å². The second-order valence-electron chi connectivity index (χ2n) is 5.16. The van der Waals surface area contributed by atoms with E-state index in [0.29, 0.717) is 6.42 Å². The maximum atomic E-state index is 12.2. The van der Waals surface area contributed by atoms with Crippen molar-refractivity contribution in [3.63, 3.8) is 0 Å².